The number of aromatic nitrogens is 2. The van der Waals surface area contributed by atoms with Gasteiger partial charge < -0.3 is 15.0 Å². The van der Waals surface area contributed by atoms with Crippen molar-refractivity contribution in [1.29, 1.82) is 0 Å². The number of carbonyl (C=O) groups is 1. The minimum atomic E-state index is -0.0520. The second-order valence-corrected chi connectivity index (χ2v) is 6.60. The first-order chi connectivity index (χ1) is 12.1. The van der Waals surface area contributed by atoms with E-state index in [1.54, 1.807) is 7.05 Å². The smallest absolute Gasteiger partial charge is 0.252 e. The van der Waals surface area contributed by atoms with E-state index < -0.39 is 0 Å². The van der Waals surface area contributed by atoms with Crippen molar-refractivity contribution in [2.24, 2.45) is 0 Å². The molecule has 0 aliphatic carbocycles. The van der Waals surface area contributed by atoms with Crippen LogP contribution in [-0.2, 0) is 6.42 Å². The summed E-state index contributed by atoms with van der Waals surface area (Å²) in [5.41, 5.74) is 6.98. The summed E-state index contributed by atoms with van der Waals surface area (Å²) in [5, 5.41) is 6.42. The Morgan fingerprint density at radius 1 is 1.28 bits per heavy atom. The standard InChI is InChI=1S/C20H22N4O/c1-12-13(2)24-11-16(20(25)21-3)15-9-10-17(14-7-5-4-6-8-14)23-18(15)19(24)22-12/h4-8,11,17,23H,9-10H2,1-3H3,(H,21,25)/t17-/m1/s1. The third kappa shape index (κ3) is 2.47. The fourth-order valence-corrected chi connectivity index (χ4v) is 3.65. The summed E-state index contributed by atoms with van der Waals surface area (Å²) in [6.45, 7) is 4.04. The van der Waals surface area contributed by atoms with E-state index in [9.17, 15) is 4.79 Å². The molecule has 0 fully saturated rings. The summed E-state index contributed by atoms with van der Waals surface area (Å²) in [7, 11) is 1.67. The molecule has 2 aromatic heterocycles. The van der Waals surface area contributed by atoms with Gasteiger partial charge >= 0.3 is 0 Å². The van der Waals surface area contributed by atoms with Gasteiger partial charge in [0, 0.05) is 18.9 Å². The first-order valence-corrected chi connectivity index (χ1v) is 8.65. The fourth-order valence-electron chi connectivity index (χ4n) is 3.65. The van der Waals surface area contributed by atoms with Crippen LogP contribution in [0.5, 0.6) is 0 Å². The summed E-state index contributed by atoms with van der Waals surface area (Å²) in [6.07, 6.45) is 3.73. The molecule has 5 nitrogen and oxygen atoms in total. The fraction of sp³-hybridized carbons (Fsp3) is 0.300. The second kappa shape index (κ2) is 5.92. The molecule has 25 heavy (non-hydrogen) atoms. The van der Waals surface area contributed by atoms with Crippen LogP contribution in [0.3, 0.4) is 0 Å². The lowest BCUT2D eigenvalue weighted by Gasteiger charge is -2.29. The van der Waals surface area contributed by atoms with Crippen LogP contribution in [0.25, 0.3) is 5.65 Å². The molecule has 1 amide bonds. The summed E-state index contributed by atoms with van der Waals surface area (Å²) in [5.74, 6) is -0.0520. The first-order valence-electron chi connectivity index (χ1n) is 8.65. The molecule has 2 N–H and O–H groups in total. The van der Waals surface area contributed by atoms with Crippen molar-refractivity contribution in [2.75, 3.05) is 12.4 Å². The number of fused-ring (bicyclic) bond motifs is 3. The molecule has 1 atom stereocenters. The minimum Gasteiger partial charge on any atom is -0.375 e. The zero-order valence-corrected chi connectivity index (χ0v) is 14.8. The summed E-state index contributed by atoms with van der Waals surface area (Å²) in [6, 6.07) is 10.7. The average Bonchev–Trinajstić information content (AvgIpc) is 2.95. The lowest BCUT2D eigenvalue weighted by Crippen LogP contribution is -2.25. The van der Waals surface area contributed by atoms with Crippen LogP contribution in [0.15, 0.2) is 36.5 Å². The van der Waals surface area contributed by atoms with E-state index in [1.165, 1.54) is 5.56 Å². The van der Waals surface area contributed by atoms with Crippen molar-refractivity contribution >= 4 is 17.2 Å². The average molecular weight is 334 g/mol. The zero-order chi connectivity index (χ0) is 17.6. The van der Waals surface area contributed by atoms with E-state index >= 15 is 0 Å². The Kier molecular flexibility index (Phi) is 3.71. The number of nitrogens with one attached hydrogen (secondary N) is 2. The second-order valence-electron chi connectivity index (χ2n) is 6.60. The van der Waals surface area contributed by atoms with Crippen molar-refractivity contribution in [2.45, 2.75) is 32.7 Å². The largest absolute Gasteiger partial charge is 0.375 e. The van der Waals surface area contributed by atoms with Gasteiger partial charge in [-0.15, -0.1) is 0 Å². The van der Waals surface area contributed by atoms with Crippen LogP contribution in [0.2, 0.25) is 0 Å². The topological polar surface area (TPSA) is 58.4 Å². The van der Waals surface area contributed by atoms with E-state index in [4.69, 9.17) is 4.98 Å². The predicted octanol–water partition coefficient (Wildman–Crippen LogP) is 3.41. The molecule has 0 bridgehead atoms. The van der Waals surface area contributed by atoms with Crippen LogP contribution in [-0.4, -0.2) is 22.3 Å². The Bertz CT molecular complexity index is 959. The molecule has 1 aliphatic rings. The molecule has 5 heteroatoms. The van der Waals surface area contributed by atoms with Crippen molar-refractivity contribution in [3.8, 4) is 0 Å². The highest BCUT2D eigenvalue weighted by molar-refractivity contribution is 5.98. The van der Waals surface area contributed by atoms with Crippen LogP contribution in [0.1, 0.15) is 45.3 Å². The number of benzene rings is 1. The molecule has 0 saturated carbocycles. The molecule has 3 aromatic rings. The molecule has 1 aliphatic heterocycles. The van der Waals surface area contributed by atoms with E-state index in [-0.39, 0.29) is 11.9 Å². The third-order valence-corrected chi connectivity index (χ3v) is 5.17. The molecule has 0 radical (unpaired) electrons. The number of hydrogen-bond donors (Lipinski definition) is 2. The molecule has 0 unspecified atom stereocenters. The maximum atomic E-state index is 12.4. The van der Waals surface area contributed by atoms with Gasteiger partial charge in [0.05, 0.1) is 23.0 Å². The van der Waals surface area contributed by atoms with Crippen LogP contribution in [0.4, 0.5) is 5.69 Å². The quantitative estimate of drug-likeness (QED) is 0.755. The highest BCUT2D eigenvalue weighted by Gasteiger charge is 2.27. The van der Waals surface area contributed by atoms with Crippen molar-refractivity contribution in [3.63, 3.8) is 0 Å². The summed E-state index contributed by atoms with van der Waals surface area (Å²) < 4.78 is 2.03. The monoisotopic (exact) mass is 334 g/mol. The third-order valence-electron chi connectivity index (χ3n) is 5.17. The van der Waals surface area contributed by atoms with Crippen molar-refractivity contribution in [3.05, 3.63) is 64.6 Å². The predicted molar refractivity (Wildman–Crippen MR) is 99.2 cm³/mol. The van der Waals surface area contributed by atoms with Gasteiger partial charge in [-0.05, 0) is 37.8 Å². The Hall–Kier alpha value is -2.82. The summed E-state index contributed by atoms with van der Waals surface area (Å²) in [4.78, 5) is 17.2. The van der Waals surface area contributed by atoms with Crippen molar-refractivity contribution in [1.82, 2.24) is 14.7 Å². The number of amides is 1. The molecule has 0 saturated heterocycles. The number of nitrogens with zero attached hydrogens (tertiary/aromatic N) is 2. The van der Waals surface area contributed by atoms with Crippen molar-refractivity contribution < 1.29 is 4.79 Å². The van der Waals surface area contributed by atoms with E-state index in [1.807, 2.05) is 30.5 Å². The van der Waals surface area contributed by atoms with Crippen LogP contribution >= 0.6 is 0 Å². The number of anilines is 1. The molecule has 3 heterocycles. The number of pyridine rings is 1. The van der Waals surface area contributed by atoms with Gasteiger partial charge in [0.15, 0.2) is 5.65 Å². The Labute approximate surface area is 147 Å². The van der Waals surface area contributed by atoms with Crippen LogP contribution < -0.4 is 10.6 Å². The van der Waals surface area contributed by atoms with E-state index in [0.717, 1.165) is 46.7 Å². The van der Waals surface area contributed by atoms with Gasteiger partial charge in [-0.3, -0.25) is 4.79 Å². The van der Waals surface area contributed by atoms with E-state index in [2.05, 4.69) is 34.9 Å². The Balaban J connectivity index is 1.90. The van der Waals surface area contributed by atoms with E-state index in [0.29, 0.717) is 0 Å². The number of rotatable bonds is 2. The van der Waals surface area contributed by atoms with Gasteiger partial charge in [0.1, 0.15) is 0 Å². The Morgan fingerprint density at radius 2 is 2.04 bits per heavy atom. The number of hydrogen-bond acceptors (Lipinski definition) is 3. The van der Waals surface area contributed by atoms with Crippen LogP contribution in [0, 0.1) is 13.8 Å². The first kappa shape index (κ1) is 15.7. The van der Waals surface area contributed by atoms with Gasteiger partial charge in [-0.25, -0.2) is 4.98 Å². The van der Waals surface area contributed by atoms with Gasteiger partial charge in [0.2, 0.25) is 0 Å². The molecular formula is C20H22N4O. The number of carbonyl (C=O) groups excluding carboxylic acids is 1. The molecule has 0 spiro atoms. The highest BCUT2D eigenvalue weighted by atomic mass is 16.1. The lowest BCUT2D eigenvalue weighted by molar-refractivity contribution is 0.0961. The SMILES string of the molecule is CNC(=O)c1cn2c(C)c(C)nc2c2c1CC[C@H](c1ccccc1)N2. The minimum absolute atomic E-state index is 0.0520. The lowest BCUT2D eigenvalue weighted by atomic mass is 9.91. The molecule has 4 rings (SSSR count). The van der Waals surface area contributed by atoms with Gasteiger partial charge in [-0.1, -0.05) is 30.3 Å². The maximum absolute atomic E-state index is 12.4. The van der Waals surface area contributed by atoms with Gasteiger partial charge in [0.25, 0.3) is 5.91 Å². The van der Waals surface area contributed by atoms with Gasteiger partial charge in [-0.2, -0.15) is 0 Å². The summed E-state index contributed by atoms with van der Waals surface area (Å²) >= 11 is 0. The molecule has 128 valence electrons. The normalized spacial score (nSPS) is 16.4. The maximum Gasteiger partial charge on any atom is 0.252 e. The number of aryl methyl sites for hydroxylation is 2. The molecular weight excluding hydrogens is 312 g/mol. The number of imidazole rings is 1. The Morgan fingerprint density at radius 3 is 2.76 bits per heavy atom. The highest BCUT2D eigenvalue weighted by Crippen LogP contribution is 2.37. The zero-order valence-electron chi connectivity index (χ0n) is 14.8. The molecule has 1 aromatic carbocycles.